The van der Waals surface area contributed by atoms with Gasteiger partial charge in [0.2, 0.25) is 5.91 Å². The smallest absolute Gasteiger partial charge is 0.241 e. The minimum Gasteiger partial charge on any atom is -0.366 e. The van der Waals surface area contributed by atoms with Crippen molar-refractivity contribution in [3.8, 4) is 0 Å². The van der Waals surface area contributed by atoms with Gasteiger partial charge in [-0.1, -0.05) is 48.5 Å². The number of rotatable bonds is 3. The minimum atomic E-state index is -0.403. The van der Waals surface area contributed by atoms with Crippen molar-refractivity contribution in [3.05, 3.63) is 60.2 Å². The van der Waals surface area contributed by atoms with Gasteiger partial charge in [0.25, 0.3) is 0 Å². The number of nitrogens with two attached hydrogens (primary N) is 1. The van der Waals surface area contributed by atoms with Gasteiger partial charge in [-0.25, -0.2) is 0 Å². The third kappa shape index (κ3) is 2.28. The first-order valence-corrected chi connectivity index (χ1v) is 5.20. The highest BCUT2D eigenvalue weighted by Crippen LogP contribution is 2.18. The predicted molar refractivity (Wildman–Crippen MR) is 66.0 cm³/mol. The lowest BCUT2D eigenvalue weighted by Gasteiger charge is -2.03. The summed E-state index contributed by atoms with van der Waals surface area (Å²) in [5.74, 6) is -0.403. The van der Waals surface area contributed by atoms with Gasteiger partial charge in [-0.05, 0) is 28.8 Å². The van der Waals surface area contributed by atoms with Crippen molar-refractivity contribution in [1.29, 1.82) is 0 Å². The van der Waals surface area contributed by atoms with Gasteiger partial charge in [0.05, 0.1) is 0 Å². The maximum absolute atomic E-state index is 10.6. The molecule has 1 amide bonds. The Morgan fingerprint density at radius 1 is 1.12 bits per heavy atom. The number of allylic oxidation sites excluding steroid dienone is 1. The SMILES string of the molecule is NC(=O)C=CCc1cccc2ccccc12. The third-order valence-corrected chi connectivity index (χ3v) is 2.50. The lowest BCUT2D eigenvalue weighted by molar-refractivity contribution is -0.113. The number of fused-ring (bicyclic) bond motifs is 1. The largest absolute Gasteiger partial charge is 0.366 e. The summed E-state index contributed by atoms with van der Waals surface area (Å²) < 4.78 is 0. The van der Waals surface area contributed by atoms with Crippen LogP contribution in [0.15, 0.2) is 54.6 Å². The maximum atomic E-state index is 10.6. The van der Waals surface area contributed by atoms with Crippen molar-refractivity contribution >= 4 is 16.7 Å². The molecule has 0 saturated carbocycles. The standard InChI is InChI=1S/C14H13NO/c15-14(16)10-4-8-12-7-3-6-11-5-1-2-9-13(11)12/h1-7,9-10H,8H2,(H2,15,16). The Balaban J connectivity index is 2.34. The van der Waals surface area contributed by atoms with Gasteiger partial charge in [-0.3, -0.25) is 4.79 Å². The van der Waals surface area contributed by atoms with Crippen LogP contribution in [0.25, 0.3) is 10.8 Å². The summed E-state index contributed by atoms with van der Waals surface area (Å²) in [5, 5.41) is 2.44. The first kappa shape index (κ1) is 10.4. The first-order chi connectivity index (χ1) is 7.77. The monoisotopic (exact) mass is 211 g/mol. The summed E-state index contributed by atoms with van der Waals surface area (Å²) in [4.78, 5) is 10.6. The Kier molecular flexibility index (Phi) is 3.01. The highest BCUT2D eigenvalue weighted by atomic mass is 16.1. The molecule has 0 aliphatic carbocycles. The van der Waals surface area contributed by atoms with Gasteiger partial charge in [-0.15, -0.1) is 0 Å². The van der Waals surface area contributed by atoms with Crippen LogP contribution >= 0.6 is 0 Å². The zero-order valence-corrected chi connectivity index (χ0v) is 8.89. The Labute approximate surface area is 94.4 Å². The van der Waals surface area contributed by atoms with E-state index in [1.807, 2.05) is 18.2 Å². The molecule has 2 rings (SSSR count). The topological polar surface area (TPSA) is 43.1 Å². The van der Waals surface area contributed by atoms with E-state index in [9.17, 15) is 4.79 Å². The Hall–Kier alpha value is -2.09. The second kappa shape index (κ2) is 4.62. The van der Waals surface area contributed by atoms with Crippen molar-refractivity contribution in [3.63, 3.8) is 0 Å². The van der Waals surface area contributed by atoms with Crippen LogP contribution in [0.2, 0.25) is 0 Å². The van der Waals surface area contributed by atoms with Gasteiger partial charge in [0.15, 0.2) is 0 Å². The summed E-state index contributed by atoms with van der Waals surface area (Å²) in [6.45, 7) is 0. The molecule has 2 N–H and O–H groups in total. The molecule has 0 aliphatic rings. The second-order valence-corrected chi connectivity index (χ2v) is 3.65. The van der Waals surface area contributed by atoms with Crippen LogP contribution in [0.3, 0.4) is 0 Å². The second-order valence-electron chi connectivity index (χ2n) is 3.65. The van der Waals surface area contributed by atoms with Gasteiger partial charge < -0.3 is 5.73 Å². The van der Waals surface area contributed by atoms with E-state index in [1.54, 1.807) is 6.08 Å². The van der Waals surface area contributed by atoms with Crippen molar-refractivity contribution in [2.75, 3.05) is 0 Å². The fraction of sp³-hybridized carbons (Fsp3) is 0.0714. The van der Waals surface area contributed by atoms with E-state index in [4.69, 9.17) is 5.73 Å². The first-order valence-electron chi connectivity index (χ1n) is 5.20. The number of hydrogen-bond donors (Lipinski definition) is 1. The number of benzene rings is 2. The molecular formula is C14H13NO. The summed E-state index contributed by atoms with van der Waals surface area (Å²) in [6.07, 6.45) is 3.93. The van der Waals surface area contributed by atoms with Gasteiger partial charge >= 0.3 is 0 Å². The number of carbonyl (C=O) groups is 1. The van der Waals surface area contributed by atoms with Crippen molar-refractivity contribution in [2.45, 2.75) is 6.42 Å². The molecule has 0 spiro atoms. The zero-order chi connectivity index (χ0) is 11.4. The normalized spacial score (nSPS) is 11.0. The molecule has 2 aromatic rings. The van der Waals surface area contributed by atoms with E-state index in [-0.39, 0.29) is 0 Å². The molecule has 0 fully saturated rings. The average molecular weight is 211 g/mol. The molecule has 0 radical (unpaired) electrons. The van der Waals surface area contributed by atoms with Crippen LogP contribution < -0.4 is 5.73 Å². The van der Waals surface area contributed by atoms with E-state index in [1.165, 1.54) is 22.4 Å². The zero-order valence-electron chi connectivity index (χ0n) is 8.89. The fourth-order valence-corrected chi connectivity index (χ4v) is 1.77. The maximum Gasteiger partial charge on any atom is 0.241 e. The quantitative estimate of drug-likeness (QED) is 0.778. The molecule has 0 heterocycles. The average Bonchev–Trinajstić information content (AvgIpc) is 2.29. The lowest BCUT2D eigenvalue weighted by Crippen LogP contribution is -2.05. The van der Waals surface area contributed by atoms with E-state index in [2.05, 4.69) is 24.3 Å². The molecule has 0 saturated heterocycles. The van der Waals surface area contributed by atoms with Crippen molar-refractivity contribution in [2.24, 2.45) is 5.73 Å². The molecule has 0 aliphatic heterocycles. The Bertz CT molecular complexity index is 538. The molecule has 2 heteroatoms. The molecule has 16 heavy (non-hydrogen) atoms. The summed E-state index contributed by atoms with van der Waals surface area (Å²) in [7, 11) is 0. The molecule has 0 aromatic heterocycles. The number of carbonyl (C=O) groups excluding carboxylic acids is 1. The van der Waals surface area contributed by atoms with E-state index < -0.39 is 5.91 Å². The van der Waals surface area contributed by atoms with Crippen molar-refractivity contribution < 1.29 is 4.79 Å². The van der Waals surface area contributed by atoms with Crippen LogP contribution in [-0.4, -0.2) is 5.91 Å². The van der Waals surface area contributed by atoms with Crippen molar-refractivity contribution in [1.82, 2.24) is 0 Å². The number of amides is 1. The lowest BCUT2D eigenvalue weighted by atomic mass is 10.0. The number of hydrogen-bond acceptors (Lipinski definition) is 1. The Morgan fingerprint density at radius 2 is 1.88 bits per heavy atom. The fourth-order valence-electron chi connectivity index (χ4n) is 1.77. The van der Waals surface area contributed by atoms with Crippen LogP contribution in [-0.2, 0) is 11.2 Å². The molecule has 0 unspecified atom stereocenters. The van der Waals surface area contributed by atoms with Crippen LogP contribution in [0, 0.1) is 0 Å². The van der Waals surface area contributed by atoms with E-state index in [0.29, 0.717) is 0 Å². The van der Waals surface area contributed by atoms with E-state index >= 15 is 0 Å². The molecule has 80 valence electrons. The van der Waals surface area contributed by atoms with Crippen LogP contribution in [0.5, 0.6) is 0 Å². The predicted octanol–water partition coefficient (Wildman–Crippen LogP) is 2.42. The summed E-state index contributed by atoms with van der Waals surface area (Å²) >= 11 is 0. The molecule has 2 aromatic carbocycles. The van der Waals surface area contributed by atoms with Gasteiger partial charge in [0, 0.05) is 0 Å². The van der Waals surface area contributed by atoms with Gasteiger partial charge in [-0.2, -0.15) is 0 Å². The minimum absolute atomic E-state index is 0.403. The van der Waals surface area contributed by atoms with Gasteiger partial charge in [0.1, 0.15) is 0 Å². The number of primary amides is 1. The molecule has 2 nitrogen and oxygen atoms in total. The third-order valence-electron chi connectivity index (χ3n) is 2.50. The van der Waals surface area contributed by atoms with Crippen LogP contribution in [0.1, 0.15) is 5.56 Å². The molecule has 0 bridgehead atoms. The summed E-state index contributed by atoms with van der Waals surface area (Å²) in [6, 6.07) is 14.4. The van der Waals surface area contributed by atoms with Crippen LogP contribution in [0.4, 0.5) is 0 Å². The highest BCUT2D eigenvalue weighted by Gasteiger charge is 1.97. The summed E-state index contributed by atoms with van der Waals surface area (Å²) in [5.41, 5.74) is 6.25. The molecular weight excluding hydrogens is 198 g/mol. The molecule has 0 atom stereocenters. The van der Waals surface area contributed by atoms with E-state index in [0.717, 1.165) is 6.42 Å². The highest BCUT2D eigenvalue weighted by molar-refractivity contribution is 5.87. The Morgan fingerprint density at radius 3 is 2.69 bits per heavy atom.